The molecule has 3 aromatic rings. The van der Waals surface area contributed by atoms with Gasteiger partial charge in [0.25, 0.3) is 0 Å². The van der Waals surface area contributed by atoms with Gasteiger partial charge >= 0.3 is 0 Å². The minimum Gasteiger partial charge on any atom is -0.313 e. The van der Waals surface area contributed by atoms with Gasteiger partial charge in [-0.05, 0) is 50.5 Å². The van der Waals surface area contributed by atoms with Crippen LogP contribution in [0.4, 0.5) is 0 Å². The van der Waals surface area contributed by atoms with Crippen molar-refractivity contribution in [3.05, 3.63) is 75.3 Å². The summed E-state index contributed by atoms with van der Waals surface area (Å²) in [5.74, 6) is 0. The molecule has 0 radical (unpaired) electrons. The van der Waals surface area contributed by atoms with E-state index in [1.165, 1.54) is 11.1 Å². The Balaban J connectivity index is 2.62. The van der Waals surface area contributed by atoms with Gasteiger partial charge in [-0.3, -0.25) is 9.78 Å². The summed E-state index contributed by atoms with van der Waals surface area (Å²) in [5.41, 5.74) is 6.92. The van der Waals surface area contributed by atoms with Crippen LogP contribution in [0.5, 0.6) is 0 Å². The predicted molar refractivity (Wildman–Crippen MR) is 96.4 cm³/mol. The predicted octanol–water partition coefficient (Wildman–Crippen LogP) is 4.26. The zero-order valence-electron chi connectivity index (χ0n) is 14.0. The second-order valence-electron chi connectivity index (χ2n) is 5.98. The summed E-state index contributed by atoms with van der Waals surface area (Å²) in [6.45, 7) is 12.0. The summed E-state index contributed by atoms with van der Waals surface area (Å²) >= 11 is 0. The van der Waals surface area contributed by atoms with Crippen molar-refractivity contribution in [3.63, 3.8) is 0 Å². The molecule has 0 atom stereocenters. The monoisotopic (exact) mass is 304 g/mol. The lowest BCUT2D eigenvalue weighted by Crippen LogP contribution is -2.15. The van der Waals surface area contributed by atoms with E-state index in [4.69, 9.17) is 0 Å². The van der Waals surface area contributed by atoms with Crippen LogP contribution in [0.1, 0.15) is 28.1 Å². The minimum atomic E-state index is -0.00825. The first kappa shape index (κ1) is 15.2. The molecule has 0 unspecified atom stereocenters. The molecule has 0 bridgehead atoms. The average molecular weight is 304 g/mol. The van der Waals surface area contributed by atoms with Crippen molar-refractivity contribution in [1.82, 2.24) is 9.55 Å². The van der Waals surface area contributed by atoms with Crippen LogP contribution in [0.2, 0.25) is 0 Å². The molecule has 0 aliphatic heterocycles. The average Bonchev–Trinajstić information content (AvgIpc) is 2.50. The maximum Gasteiger partial charge on any atom is 0.191 e. The van der Waals surface area contributed by atoms with Crippen molar-refractivity contribution in [3.8, 4) is 5.69 Å². The summed E-state index contributed by atoms with van der Waals surface area (Å²) in [5, 5.41) is 0.633. The van der Waals surface area contributed by atoms with Gasteiger partial charge in [0.1, 0.15) is 0 Å². The fraction of sp³-hybridized carbons (Fsp3) is 0.200. The number of aryl methyl sites for hydroxylation is 4. The van der Waals surface area contributed by atoms with Gasteiger partial charge in [0, 0.05) is 18.0 Å². The van der Waals surface area contributed by atoms with E-state index in [2.05, 4.69) is 48.2 Å². The van der Waals surface area contributed by atoms with Crippen LogP contribution in [-0.2, 0) is 0 Å². The lowest BCUT2D eigenvalue weighted by molar-refractivity contribution is 0.988. The van der Waals surface area contributed by atoms with E-state index >= 15 is 0 Å². The second-order valence-corrected chi connectivity index (χ2v) is 5.98. The van der Waals surface area contributed by atoms with Crippen LogP contribution in [0.3, 0.4) is 0 Å². The third-order valence-electron chi connectivity index (χ3n) is 4.28. The van der Waals surface area contributed by atoms with Gasteiger partial charge in [0.05, 0.1) is 22.3 Å². The molecular formula is C20H20N2O. The third kappa shape index (κ3) is 2.29. The van der Waals surface area contributed by atoms with Gasteiger partial charge in [-0.1, -0.05) is 24.8 Å². The van der Waals surface area contributed by atoms with Gasteiger partial charge < -0.3 is 4.57 Å². The van der Waals surface area contributed by atoms with Crippen molar-refractivity contribution >= 4 is 17.0 Å². The molecule has 0 spiro atoms. The van der Waals surface area contributed by atoms with Crippen molar-refractivity contribution in [2.75, 3.05) is 0 Å². The Morgan fingerprint density at radius 3 is 2.35 bits per heavy atom. The molecule has 3 rings (SSSR count). The molecule has 0 aliphatic rings. The fourth-order valence-electron chi connectivity index (χ4n) is 3.25. The van der Waals surface area contributed by atoms with Crippen LogP contribution in [0.15, 0.2) is 41.8 Å². The maximum atomic E-state index is 12.6. The quantitative estimate of drug-likeness (QED) is 0.709. The molecule has 0 N–H and O–H groups in total. The molecule has 0 aliphatic carbocycles. The zero-order valence-corrected chi connectivity index (χ0v) is 14.0. The molecule has 2 heterocycles. The van der Waals surface area contributed by atoms with Crippen LogP contribution >= 0.6 is 0 Å². The van der Waals surface area contributed by atoms with Crippen molar-refractivity contribution in [2.24, 2.45) is 0 Å². The van der Waals surface area contributed by atoms with Gasteiger partial charge in [0.15, 0.2) is 5.43 Å². The first-order chi connectivity index (χ1) is 11.0. The van der Waals surface area contributed by atoms with Crippen molar-refractivity contribution in [2.45, 2.75) is 27.7 Å². The summed E-state index contributed by atoms with van der Waals surface area (Å²) in [4.78, 5) is 16.9. The van der Waals surface area contributed by atoms with Crippen molar-refractivity contribution < 1.29 is 0 Å². The number of para-hydroxylation sites is 1. The number of fused-ring (bicyclic) bond motifs is 1. The molecule has 116 valence electrons. The highest BCUT2D eigenvalue weighted by Gasteiger charge is 2.16. The Morgan fingerprint density at radius 2 is 1.74 bits per heavy atom. The van der Waals surface area contributed by atoms with E-state index in [0.29, 0.717) is 11.1 Å². The molecule has 1 aromatic carbocycles. The van der Waals surface area contributed by atoms with E-state index in [1.807, 2.05) is 20.0 Å². The molecule has 3 nitrogen and oxygen atoms in total. The molecular weight excluding hydrogens is 284 g/mol. The number of hydrogen-bond acceptors (Lipinski definition) is 2. The first-order valence-corrected chi connectivity index (χ1v) is 7.66. The number of nitrogens with zero attached hydrogens (tertiary/aromatic N) is 2. The first-order valence-electron chi connectivity index (χ1n) is 7.66. The van der Waals surface area contributed by atoms with E-state index in [0.717, 1.165) is 22.5 Å². The highest BCUT2D eigenvalue weighted by Crippen LogP contribution is 2.27. The highest BCUT2D eigenvalue weighted by molar-refractivity contribution is 5.90. The minimum absolute atomic E-state index is 0.00825. The SMILES string of the molecule is C=Cc1ncc(C)c2c1c(=O)cc(C)n2-c1c(C)cccc1C. The normalized spacial score (nSPS) is 11.0. The van der Waals surface area contributed by atoms with Crippen LogP contribution in [-0.4, -0.2) is 9.55 Å². The van der Waals surface area contributed by atoms with Gasteiger partial charge in [0.2, 0.25) is 0 Å². The van der Waals surface area contributed by atoms with Gasteiger partial charge in [-0.15, -0.1) is 0 Å². The van der Waals surface area contributed by atoms with E-state index in [-0.39, 0.29) is 5.43 Å². The molecule has 23 heavy (non-hydrogen) atoms. The summed E-state index contributed by atoms with van der Waals surface area (Å²) in [6.07, 6.45) is 3.45. The standard InChI is InChI=1S/C20H20N2O/c1-6-16-18-17(23)10-15(5)22(20(18)14(4)11-21-16)19-12(2)8-7-9-13(19)3/h6-11H,1H2,2-5H3. The summed E-state index contributed by atoms with van der Waals surface area (Å²) < 4.78 is 2.17. The van der Waals surface area contributed by atoms with Crippen LogP contribution in [0, 0.1) is 27.7 Å². The molecule has 0 amide bonds. The summed E-state index contributed by atoms with van der Waals surface area (Å²) in [7, 11) is 0. The lowest BCUT2D eigenvalue weighted by atomic mass is 10.0. The van der Waals surface area contributed by atoms with Gasteiger partial charge in [-0.2, -0.15) is 0 Å². The molecule has 0 saturated heterocycles. The Bertz CT molecular complexity index is 976. The number of rotatable bonds is 2. The van der Waals surface area contributed by atoms with Gasteiger partial charge in [-0.25, -0.2) is 0 Å². The largest absolute Gasteiger partial charge is 0.313 e. The Hall–Kier alpha value is -2.68. The number of benzene rings is 1. The maximum absolute atomic E-state index is 12.6. The molecule has 0 saturated carbocycles. The van der Waals surface area contributed by atoms with E-state index in [9.17, 15) is 4.79 Å². The second kappa shape index (κ2) is 5.51. The number of pyridine rings is 2. The van der Waals surface area contributed by atoms with Crippen molar-refractivity contribution in [1.29, 1.82) is 0 Å². The number of hydrogen-bond donors (Lipinski definition) is 0. The summed E-state index contributed by atoms with van der Waals surface area (Å²) in [6, 6.07) is 7.92. The van der Waals surface area contributed by atoms with Crippen LogP contribution < -0.4 is 5.43 Å². The Kier molecular flexibility index (Phi) is 3.64. The highest BCUT2D eigenvalue weighted by atomic mass is 16.1. The molecule has 0 fully saturated rings. The lowest BCUT2D eigenvalue weighted by Gasteiger charge is -2.20. The zero-order chi connectivity index (χ0) is 16.7. The van der Waals surface area contributed by atoms with E-state index in [1.54, 1.807) is 12.1 Å². The van der Waals surface area contributed by atoms with E-state index < -0.39 is 0 Å². The van der Waals surface area contributed by atoms with Crippen LogP contribution in [0.25, 0.3) is 22.7 Å². The molecule has 2 aromatic heterocycles. The Labute approximate surface area is 135 Å². The Morgan fingerprint density at radius 1 is 1.09 bits per heavy atom. The topological polar surface area (TPSA) is 34.9 Å². The molecule has 3 heteroatoms. The smallest absolute Gasteiger partial charge is 0.191 e. The number of aromatic nitrogens is 2. The fourth-order valence-corrected chi connectivity index (χ4v) is 3.25. The third-order valence-corrected chi connectivity index (χ3v) is 4.28.